The number of benzene rings is 1. The monoisotopic (exact) mass is 307 g/mol. The average molecular weight is 307 g/mol. The van der Waals surface area contributed by atoms with Gasteiger partial charge in [0.05, 0.1) is 11.5 Å². The maximum absolute atomic E-state index is 12.3. The molecule has 114 valence electrons. The Hall–Kier alpha value is -1.49. The normalized spacial score (nSPS) is 21.8. The van der Waals surface area contributed by atoms with E-state index in [1.54, 1.807) is 6.07 Å². The largest absolute Gasteiger partial charge is 0.481 e. The summed E-state index contributed by atoms with van der Waals surface area (Å²) in [5, 5.41) is 12.2. The lowest BCUT2D eigenvalue weighted by atomic mass is 9.79. The summed E-state index contributed by atoms with van der Waals surface area (Å²) in [6.07, 6.45) is 5.55. The van der Waals surface area contributed by atoms with Crippen LogP contribution in [0.2, 0.25) is 0 Å². The molecule has 5 heteroatoms. The fourth-order valence-corrected chi connectivity index (χ4v) is 3.52. The number of carboxylic acid groups (broad SMARTS) is 1. The highest BCUT2D eigenvalue weighted by molar-refractivity contribution is 7.98. The molecule has 2 atom stereocenters. The Bertz CT molecular complexity index is 518. The first kappa shape index (κ1) is 15.9. The number of carbonyl (C=O) groups is 2. The molecule has 2 unspecified atom stereocenters. The third-order valence-electron chi connectivity index (χ3n) is 4.10. The molecule has 1 aliphatic rings. The van der Waals surface area contributed by atoms with Gasteiger partial charge in [-0.2, -0.15) is 0 Å². The first-order valence-electron chi connectivity index (χ1n) is 7.27. The number of nitrogens with one attached hydrogen (secondary N) is 1. The van der Waals surface area contributed by atoms with E-state index in [2.05, 4.69) is 5.32 Å². The first-order chi connectivity index (χ1) is 10.1. The Morgan fingerprint density at radius 3 is 2.71 bits per heavy atom. The standard InChI is InChI=1S/C16H21NO3S/c1-21-14-9-5-4-8-13(14)15(18)17-10-11-6-2-3-7-12(11)16(19)20/h4-5,8-9,11-12H,2-3,6-7,10H2,1H3,(H,17,18)(H,19,20). The van der Waals surface area contributed by atoms with E-state index in [0.717, 1.165) is 30.6 Å². The minimum atomic E-state index is -0.738. The molecule has 0 radical (unpaired) electrons. The Kier molecular flexibility index (Phi) is 5.67. The molecule has 1 aromatic carbocycles. The van der Waals surface area contributed by atoms with Gasteiger partial charge in [-0.1, -0.05) is 25.0 Å². The quantitative estimate of drug-likeness (QED) is 0.821. The van der Waals surface area contributed by atoms with Crippen LogP contribution in [-0.2, 0) is 4.79 Å². The smallest absolute Gasteiger partial charge is 0.306 e. The lowest BCUT2D eigenvalue weighted by Gasteiger charge is -2.28. The number of aliphatic carboxylic acids is 1. The second-order valence-corrected chi connectivity index (χ2v) is 6.25. The highest BCUT2D eigenvalue weighted by Crippen LogP contribution is 2.30. The third kappa shape index (κ3) is 4.00. The number of carboxylic acids is 1. The molecule has 1 amide bonds. The van der Waals surface area contributed by atoms with Gasteiger partial charge in [-0.05, 0) is 37.1 Å². The van der Waals surface area contributed by atoms with Gasteiger partial charge in [0, 0.05) is 11.4 Å². The van der Waals surface area contributed by atoms with Crippen LogP contribution in [-0.4, -0.2) is 29.8 Å². The molecule has 21 heavy (non-hydrogen) atoms. The van der Waals surface area contributed by atoms with E-state index in [4.69, 9.17) is 0 Å². The highest BCUT2D eigenvalue weighted by atomic mass is 32.2. The number of hydrogen-bond donors (Lipinski definition) is 2. The van der Waals surface area contributed by atoms with Crippen LogP contribution >= 0.6 is 11.8 Å². The van der Waals surface area contributed by atoms with Crippen LogP contribution in [0.1, 0.15) is 36.0 Å². The van der Waals surface area contributed by atoms with Crippen molar-refractivity contribution in [3.05, 3.63) is 29.8 Å². The van der Waals surface area contributed by atoms with E-state index in [1.165, 1.54) is 11.8 Å². The summed E-state index contributed by atoms with van der Waals surface area (Å²) in [7, 11) is 0. The van der Waals surface area contributed by atoms with Crippen molar-refractivity contribution in [2.24, 2.45) is 11.8 Å². The molecule has 0 bridgehead atoms. The fourth-order valence-electron chi connectivity index (χ4n) is 2.93. The lowest BCUT2D eigenvalue weighted by molar-refractivity contribution is -0.144. The minimum absolute atomic E-state index is 0.0432. The van der Waals surface area contributed by atoms with Crippen LogP contribution < -0.4 is 5.32 Å². The molecular formula is C16H21NO3S. The maximum atomic E-state index is 12.3. The van der Waals surface area contributed by atoms with E-state index in [9.17, 15) is 14.7 Å². The molecular weight excluding hydrogens is 286 g/mol. The zero-order valence-electron chi connectivity index (χ0n) is 12.2. The van der Waals surface area contributed by atoms with Gasteiger partial charge in [0.1, 0.15) is 0 Å². The van der Waals surface area contributed by atoms with Gasteiger partial charge in [-0.15, -0.1) is 11.8 Å². The van der Waals surface area contributed by atoms with E-state index in [1.807, 2.05) is 24.5 Å². The summed E-state index contributed by atoms with van der Waals surface area (Å²) in [6, 6.07) is 7.47. The van der Waals surface area contributed by atoms with Gasteiger partial charge in [-0.25, -0.2) is 0 Å². The average Bonchev–Trinajstić information content (AvgIpc) is 2.52. The molecule has 0 aliphatic heterocycles. The summed E-state index contributed by atoms with van der Waals surface area (Å²) in [5.74, 6) is -1.13. The molecule has 1 fully saturated rings. The second kappa shape index (κ2) is 7.50. The molecule has 1 saturated carbocycles. The minimum Gasteiger partial charge on any atom is -0.481 e. The molecule has 0 spiro atoms. The summed E-state index contributed by atoms with van der Waals surface area (Å²) in [6.45, 7) is 0.443. The fraction of sp³-hybridized carbons (Fsp3) is 0.500. The Balaban J connectivity index is 1.98. The predicted octanol–water partition coefficient (Wildman–Crippen LogP) is 3.03. The maximum Gasteiger partial charge on any atom is 0.306 e. The van der Waals surface area contributed by atoms with Crippen molar-refractivity contribution in [3.8, 4) is 0 Å². The molecule has 0 aromatic heterocycles. The van der Waals surface area contributed by atoms with Crippen LogP contribution in [0, 0.1) is 11.8 Å². The Morgan fingerprint density at radius 1 is 1.29 bits per heavy atom. The number of carbonyl (C=O) groups excluding carboxylic acids is 1. The van der Waals surface area contributed by atoms with E-state index in [-0.39, 0.29) is 17.7 Å². The van der Waals surface area contributed by atoms with Crippen molar-refractivity contribution in [3.63, 3.8) is 0 Å². The van der Waals surface area contributed by atoms with E-state index >= 15 is 0 Å². The molecule has 0 saturated heterocycles. The molecule has 2 N–H and O–H groups in total. The number of hydrogen-bond acceptors (Lipinski definition) is 3. The summed E-state index contributed by atoms with van der Waals surface area (Å²) in [4.78, 5) is 24.5. The zero-order chi connectivity index (χ0) is 15.2. The van der Waals surface area contributed by atoms with E-state index in [0.29, 0.717) is 12.1 Å². The molecule has 4 nitrogen and oxygen atoms in total. The summed E-state index contributed by atoms with van der Waals surface area (Å²) < 4.78 is 0. The van der Waals surface area contributed by atoms with E-state index < -0.39 is 5.97 Å². The molecule has 1 aliphatic carbocycles. The predicted molar refractivity (Wildman–Crippen MR) is 83.6 cm³/mol. The van der Waals surface area contributed by atoms with Crippen molar-refractivity contribution in [1.82, 2.24) is 5.32 Å². The van der Waals surface area contributed by atoms with Crippen LogP contribution in [0.3, 0.4) is 0 Å². The topological polar surface area (TPSA) is 66.4 Å². The van der Waals surface area contributed by atoms with Crippen molar-refractivity contribution in [2.45, 2.75) is 30.6 Å². The Morgan fingerprint density at radius 2 is 2.00 bits per heavy atom. The highest BCUT2D eigenvalue weighted by Gasteiger charge is 2.30. The van der Waals surface area contributed by atoms with Crippen molar-refractivity contribution >= 4 is 23.6 Å². The third-order valence-corrected chi connectivity index (χ3v) is 4.90. The van der Waals surface area contributed by atoms with Crippen LogP contribution in [0.25, 0.3) is 0 Å². The van der Waals surface area contributed by atoms with Gasteiger partial charge < -0.3 is 10.4 Å². The zero-order valence-corrected chi connectivity index (χ0v) is 13.0. The Labute approximate surface area is 129 Å². The van der Waals surface area contributed by atoms with Crippen molar-refractivity contribution in [2.75, 3.05) is 12.8 Å². The number of rotatable bonds is 5. The van der Waals surface area contributed by atoms with Crippen molar-refractivity contribution in [1.29, 1.82) is 0 Å². The van der Waals surface area contributed by atoms with Crippen molar-refractivity contribution < 1.29 is 14.7 Å². The van der Waals surface area contributed by atoms with Crippen LogP contribution in [0.5, 0.6) is 0 Å². The SMILES string of the molecule is CSc1ccccc1C(=O)NCC1CCCCC1C(=O)O. The van der Waals surface area contributed by atoms with Gasteiger partial charge in [-0.3, -0.25) is 9.59 Å². The summed E-state index contributed by atoms with van der Waals surface area (Å²) in [5.41, 5.74) is 0.660. The van der Waals surface area contributed by atoms with Gasteiger partial charge in [0.15, 0.2) is 0 Å². The molecule has 1 aromatic rings. The van der Waals surface area contributed by atoms with Gasteiger partial charge in [0.2, 0.25) is 0 Å². The summed E-state index contributed by atoms with van der Waals surface area (Å²) >= 11 is 1.54. The molecule has 0 heterocycles. The number of amides is 1. The lowest BCUT2D eigenvalue weighted by Crippen LogP contribution is -2.37. The van der Waals surface area contributed by atoms with Crippen LogP contribution in [0.15, 0.2) is 29.2 Å². The number of thioether (sulfide) groups is 1. The second-order valence-electron chi connectivity index (χ2n) is 5.40. The first-order valence-corrected chi connectivity index (χ1v) is 8.50. The molecule has 2 rings (SSSR count). The van der Waals surface area contributed by atoms with Gasteiger partial charge >= 0.3 is 5.97 Å². The van der Waals surface area contributed by atoms with Crippen LogP contribution in [0.4, 0.5) is 0 Å². The van der Waals surface area contributed by atoms with Gasteiger partial charge in [0.25, 0.3) is 5.91 Å².